The molecule has 0 bridgehead atoms. The molecule has 0 spiro atoms. The van der Waals surface area contributed by atoms with Crippen LogP contribution in [0.4, 0.5) is 0 Å². The Bertz CT molecular complexity index is 1350. The van der Waals surface area contributed by atoms with Gasteiger partial charge in [0.15, 0.2) is 0 Å². The Morgan fingerprint density at radius 2 is 1.84 bits per heavy atom. The Morgan fingerprint density at radius 1 is 1.05 bits per heavy atom. The fraction of sp³-hybridized carbons (Fsp3) is 0.333. The third-order valence-corrected chi connectivity index (χ3v) is 6.94. The minimum atomic E-state index is -0.155. The summed E-state index contributed by atoms with van der Waals surface area (Å²) in [5.41, 5.74) is 3.00. The van der Waals surface area contributed by atoms with E-state index in [1.165, 1.54) is 12.4 Å². The number of methoxy groups -OCH3 is 1. The standard InChI is InChI=1S/C27H30N6O4S/c1-18(17-35-3)36-20-12-19(22-4-5-23(31-22)26-28-6-11-38-26)13-21(14-20)37-25-16-29-24(15-30-25)27(34)33-9-7-32(2)8-10-33/h4-6,11-16,18,31H,7-10,17H2,1-3H3/t18-/m0/s1. The molecule has 1 aliphatic rings. The molecule has 4 heterocycles. The van der Waals surface area contributed by atoms with E-state index in [-0.39, 0.29) is 17.9 Å². The van der Waals surface area contributed by atoms with E-state index >= 15 is 0 Å². The molecular weight excluding hydrogens is 504 g/mol. The molecule has 0 unspecified atom stereocenters. The minimum absolute atomic E-state index is 0.121. The zero-order valence-corrected chi connectivity index (χ0v) is 22.4. The van der Waals surface area contributed by atoms with Gasteiger partial charge >= 0.3 is 0 Å². The Hall–Kier alpha value is -3.80. The minimum Gasteiger partial charge on any atom is -0.488 e. The number of piperazine rings is 1. The van der Waals surface area contributed by atoms with E-state index in [0.29, 0.717) is 36.9 Å². The first-order chi connectivity index (χ1) is 18.5. The van der Waals surface area contributed by atoms with E-state index < -0.39 is 0 Å². The molecule has 0 aliphatic carbocycles. The Labute approximate surface area is 225 Å². The predicted octanol–water partition coefficient (Wildman–Crippen LogP) is 4.19. The first-order valence-corrected chi connectivity index (χ1v) is 13.2. The smallest absolute Gasteiger partial charge is 0.274 e. The SMILES string of the molecule is COC[C@H](C)Oc1cc(Oc2cnc(C(=O)N3CCN(C)CC3)cn2)cc(-c2ccc(-c3nccs3)[nH]2)c1. The van der Waals surface area contributed by atoms with Crippen molar-refractivity contribution in [1.29, 1.82) is 0 Å². The lowest BCUT2D eigenvalue weighted by Crippen LogP contribution is -2.47. The number of ether oxygens (including phenoxy) is 3. The van der Waals surface area contributed by atoms with Gasteiger partial charge in [-0.25, -0.2) is 15.0 Å². The topological polar surface area (TPSA) is 106 Å². The molecular formula is C27H30N6O4S. The zero-order chi connectivity index (χ0) is 26.5. The van der Waals surface area contributed by atoms with Crippen LogP contribution in [0.15, 0.2) is 54.3 Å². The monoisotopic (exact) mass is 534 g/mol. The number of thiazole rings is 1. The van der Waals surface area contributed by atoms with Crippen molar-refractivity contribution < 1.29 is 19.0 Å². The average Bonchev–Trinajstić information content (AvgIpc) is 3.62. The molecule has 38 heavy (non-hydrogen) atoms. The number of nitrogens with one attached hydrogen (secondary N) is 1. The summed E-state index contributed by atoms with van der Waals surface area (Å²) in [5.74, 6) is 1.31. The van der Waals surface area contributed by atoms with Crippen molar-refractivity contribution in [3.05, 3.63) is 60.0 Å². The van der Waals surface area contributed by atoms with E-state index in [1.807, 2.05) is 43.6 Å². The molecule has 1 amide bonds. The molecule has 198 valence electrons. The molecule has 5 rings (SSSR count). The van der Waals surface area contributed by atoms with Gasteiger partial charge in [-0.05, 0) is 38.2 Å². The van der Waals surface area contributed by atoms with E-state index in [0.717, 1.165) is 35.0 Å². The van der Waals surface area contributed by atoms with Crippen LogP contribution < -0.4 is 9.47 Å². The highest BCUT2D eigenvalue weighted by Gasteiger charge is 2.22. The van der Waals surface area contributed by atoms with Crippen LogP contribution in [0.2, 0.25) is 0 Å². The van der Waals surface area contributed by atoms with Crippen molar-refractivity contribution in [3.63, 3.8) is 0 Å². The first-order valence-electron chi connectivity index (χ1n) is 12.4. The molecule has 1 fully saturated rings. The number of likely N-dealkylation sites (N-methyl/N-ethyl adjacent to an activating group) is 1. The van der Waals surface area contributed by atoms with Crippen molar-refractivity contribution >= 4 is 17.2 Å². The van der Waals surface area contributed by atoms with Crippen molar-refractivity contribution in [1.82, 2.24) is 29.7 Å². The van der Waals surface area contributed by atoms with Gasteiger partial charge in [0.2, 0.25) is 5.88 Å². The molecule has 3 aromatic heterocycles. The summed E-state index contributed by atoms with van der Waals surface area (Å²) in [6, 6.07) is 9.63. The van der Waals surface area contributed by atoms with E-state index in [1.54, 1.807) is 35.6 Å². The molecule has 1 saturated heterocycles. The van der Waals surface area contributed by atoms with Crippen molar-refractivity contribution in [3.8, 4) is 39.3 Å². The average molecular weight is 535 g/mol. The lowest BCUT2D eigenvalue weighted by molar-refractivity contribution is 0.0657. The molecule has 10 nitrogen and oxygen atoms in total. The Morgan fingerprint density at radius 3 is 2.55 bits per heavy atom. The highest BCUT2D eigenvalue weighted by atomic mass is 32.1. The normalized spacial score (nSPS) is 14.9. The molecule has 1 aliphatic heterocycles. The maximum atomic E-state index is 12.8. The quantitative estimate of drug-likeness (QED) is 0.341. The maximum Gasteiger partial charge on any atom is 0.274 e. The highest BCUT2D eigenvalue weighted by molar-refractivity contribution is 7.13. The molecule has 11 heteroatoms. The molecule has 0 saturated carbocycles. The Balaban J connectivity index is 1.36. The van der Waals surface area contributed by atoms with Gasteiger partial charge in [0, 0.05) is 62.2 Å². The van der Waals surface area contributed by atoms with Gasteiger partial charge in [-0.1, -0.05) is 0 Å². The van der Waals surface area contributed by atoms with Crippen LogP contribution in [0.5, 0.6) is 17.4 Å². The lowest BCUT2D eigenvalue weighted by Gasteiger charge is -2.32. The van der Waals surface area contributed by atoms with Gasteiger partial charge in [-0.2, -0.15) is 0 Å². The number of amides is 1. The third kappa shape index (κ3) is 6.18. The number of hydrogen-bond donors (Lipinski definition) is 1. The van der Waals surface area contributed by atoms with E-state index in [9.17, 15) is 4.79 Å². The molecule has 0 radical (unpaired) electrons. The van der Waals surface area contributed by atoms with Gasteiger partial charge in [-0.15, -0.1) is 11.3 Å². The number of aromatic amines is 1. The number of aromatic nitrogens is 4. The summed E-state index contributed by atoms with van der Waals surface area (Å²) < 4.78 is 17.4. The van der Waals surface area contributed by atoms with Gasteiger partial charge in [0.25, 0.3) is 5.91 Å². The second-order valence-electron chi connectivity index (χ2n) is 9.14. The number of nitrogens with zero attached hydrogens (tertiary/aromatic N) is 5. The van der Waals surface area contributed by atoms with Crippen molar-refractivity contribution in [2.45, 2.75) is 13.0 Å². The van der Waals surface area contributed by atoms with Crippen molar-refractivity contribution in [2.75, 3.05) is 46.9 Å². The third-order valence-electron chi connectivity index (χ3n) is 6.14. The number of benzene rings is 1. The summed E-state index contributed by atoms with van der Waals surface area (Å²) in [7, 11) is 3.69. The van der Waals surface area contributed by atoms with Crippen molar-refractivity contribution in [2.24, 2.45) is 0 Å². The number of carbonyl (C=O) groups excluding carboxylic acids is 1. The zero-order valence-electron chi connectivity index (χ0n) is 21.6. The maximum absolute atomic E-state index is 12.8. The summed E-state index contributed by atoms with van der Waals surface area (Å²) in [5, 5.41) is 2.86. The van der Waals surface area contributed by atoms with Gasteiger partial charge in [0.05, 0.1) is 24.7 Å². The predicted molar refractivity (Wildman–Crippen MR) is 145 cm³/mol. The molecule has 4 aromatic rings. The van der Waals surface area contributed by atoms with Gasteiger partial charge in [0.1, 0.15) is 28.3 Å². The van der Waals surface area contributed by atoms with Crippen LogP contribution in [0.25, 0.3) is 22.0 Å². The summed E-state index contributed by atoms with van der Waals surface area (Å²) >= 11 is 1.57. The fourth-order valence-electron chi connectivity index (χ4n) is 4.17. The molecule has 1 atom stereocenters. The van der Waals surface area contributed by atoms with E-state index in [4.69, 9.17) is 14.2 Å². The van der Waals surface area contributed by atoms with Crippen LogP contribution in [0.3, 0.4) is 0 Å². The number of H-pyrrole nitrogens is 1. The summed E-state index contributed by atoms with van der Waals surface area (Å²) in [4.78, 5) is 33.3. The van der Waals surface area contributed by atoms with Crippen LogP contribution >= 0.6 is 11.3 Å². The van der Waals surface area contributed by atoms with Crippen LogP contribution in [0, 0.1) is 0 Å². The largest absolute Gasteiger partial charge is 0.488 e. The summed E-state index contributed by atoms with van der Waals surface area (Å²) in [6.07, 6.45) is 4.56. The van der Waals surface area contributed by atoms with Crippen LogP contribution in [-0.2, 0) is 4.74 Å². The fourth-order valence-corrected chi connectivity index (χ4v) is 4.79. The number of hydrogen-bond acceptors (Lipinski definition) is 9. The van der Waals surface area contributed by atoms with Gasteiger partial charge < -0.3 is 29.0 Å². The number of rotatable bonds is 9. The van der Waals surface area contributed by atoms with Gasteiger partial charge in [-0.3, -0.25) is 4.79 Å². The lowest BCUT2D eigenvalue weighted by atomic mass is 10.1. The second-order valence-corrected chi connectivity index (χ2v) is 10.0. The number of carbonyl (C=O) groups is 1. The molecule has 1 N–H and O–H groups in total. The van der Waals surface area contributed by atoms with E-state index in [2.05, 4.69) is 24.8 Å². The Kier molecular flexibility index (Phi) is 7.97. The van der Waals surface area contributed by atoms with Crippen LogP contribution in [0.1, 0.15) is 17.4 Å². The first kappa shape index (κ1) is 25.8. The highest BCUT2D eigenvalue weighted by Crippen LogP contribution is 2.33. The summed E-state index contributed by atoms with van der Waals surface area (Å²) in [6.45, 7) is 5.43. The second kappa shape index (κ2) is 11.7. The van der Waals surface area contributed by atoms with Crippen LogP contribution in [-0.4, -0.2) is 88.7 Å². The molecule has 1 aromatic carbocycles.